The van der Waals surface area contributed by atoms with Gasteiger partial charge in [-0.05, 0) is 12.5 Å². The smallest absolute Gasteiger partial charge is 0.241 e. The molecule has 0 unspecified atom stereocenters. The van der Waals surface area contributed by atoms with E-state index in [1.165, 1.54) is 4.88 Å². The summed E-state index contributed by atoms with van der Waals surface area (Å²) in [6, 6.07) is 2.05. The van der Waals surface area contributed by atoms with Crippen LogP contribution in [0, 0.1) is 0 Å². The third-order valence-corrected chi connectivity index (χ3v) is 3.25. The SMILES string of the molecule is CCc1cc2c(OC)nc(NN)nc2s1. The van der Waals surface area contributed by atoms with E-state index in [1.807, 2.05) is 0 Å². The van der Waals surface area contributed by atoms with Gasteiger partial charge < -0.3 is 4.74 Å². The normalized spacial score (nSPS) is 10.6. The van der Waals surface area contributed by atoms with E-state index in [-0.39, 0.29) is 0 Å². The van der Waals surface area contributed by atoms with E-state index >= 15 is 0 Å². The van der Waals surface area contributed by atoms with Crippen LogP contribution in [0.5, 0.6) is 5.88 Å². The molecule has 80 valence electrons. The Morgan fingerprint density at radius 3 is 2.93 bits per heavy atom. The number of nitrogens with one attached hydrogen (secondary N) is 1. The monoisotopic (exact) mass is 224 g/mol. The van der Waals surface area contributed by atoms with Crippen molar-refractivity contribution in [2.45, 2.75) is 13.3 Å². The van der Waals surface area contributed by atoms with E-state index in [4.69, 9.17) is 10.6 Å². The average molecular weight is 224 g/mol. The van der Waals surface area contributed by atoms with Gasteiger partial charge in [-0.1, -0.05) is 6.92 Å². The highest BCUT2D eigenvalue weighted by molar-refractivity contribution is 7.18. The van der Waals surface area contributed by atoms with Crippen molar-refractivity contribution in [2.75, 3.05) is 12.5 Å². The predicted molar refractivity (Wildman–Crippen MR) is 61.2 cm³/mol. The summed E-state index contributed by atoms with van der Waals surface area (Å²) < 4.78 is 5.19. The maximum Gasteiger partial charge on any atom is 0.241 e. The van der Waals surface area contributed by atoms with Crippen molar-refractivity contribution in [2.24, 2.45) is 5.84 Å². The second-order valence-electron chi connectivity index (χ2n) is 2.99. The number of nitrogens with zero attached hydrogens (tertiary/aromatic N) is 2. The minimum absolute atomic E-state index is 0.379. The van der Waals surface area contributed by atoms with Gasteiger partial charge in [0.15, 0.2) is 0 Å². The number of anilines is 1. The molecule has 15 heavy (non-hydrogen) atoms. The van der Waals surface area contributed by atoms with Gasteiger partial charge in [-0.15, -0.1) is 11.3 Å². The van der Waals surface area contributed by atoms with Crippen LogP contribution in [0.4, 0.5) is 5.95 Å². The Balaban J connectivity index is 2.66. The van der Waals surface area contributed by atoms with Gasteiger partial charge in [0.05, 0.1) is 12.5 Å². The van der Waals surface area contributed by atoms with E-state index in [1.54, 1.807) is 18.4 Å². The molecule has 5 nitrogen and oxygen atoms in total. The number of nitrogen functional groups attached to an aromatic ring is 1. The minimum atomic E-state index is 0.379. The molecule has 0 saturated heterocycles. The lowest BCUT2D eigenvalue weighted by Gasteiger charge is -2.02. The number of fused-ring (bicyclic) bond motifs is 1. The first kappa shape index (κ1) is 10.1. The van der Waals surface area contributed by atoms with Crippen molar-refractivity contribution >= 4 is 27.5 Å². The summed E-state index contributed by atoms with van der Waals surface area (Å²) in [5.74, 6) is 6.22. The van der Waals surface area contributed by atoms with Crippen molar-refractivity contribution in [3.8, 4) is 5.88 Å². The largest absolute Gasteiger partial charge is 0.480 e. The molecule has 0 aliphatic heterocycles. The minimum Gasteiger partial charge on any atom is -0.480 e. The number of aromatic nitrogens is 2. The second kappa shape index (κ2) is 4.00. The van der Waals surface area contributed by atoms with Gasteiger partial charge in [0.25, 0.3) is 0 Å². The number of aryl methyl sites for hydroxylation is 1. The number of hydrogen-bond donors (Lipinski definition) is 2. The number of nitrogens with two attached hydrogens (primary N) is 1. The molecular weight excluding hydrogens is 212 g/mol. The van der Waals surface area contributed by atoms with Crippen LogP contribution in [-0.2, 0) is 6.42 Å². The average Bonchev–Trinajstić information content (AvgIpc) is 2.70. The summed E-state index contributed by atoms with van der Waals surface area (Å²) in [6.07, 6.45) is 0.982. The van der Waals surface area contributed by atoms with Gasteiger partial charge in [0, 0.05) is 4.88 Å². The van der Waals surface area contributed by atoms with Crippen molar-refractivity contribution in [1.82, 2.24) is 9.97 Å². The van der Waals surface area contributed by atoms with Crippen LogP contribution in [0.25, 0.3) is 10.2 Å². The second-order valence-corrected chi connectivity index (χ2v) is 4.10. The molecule has 2 aromatic heterocycles. The van der Waals surface area contributed by atoms with Crippen LogP contribution < -0.4 is 16.0 Å². The molecule has 0 bridgehead atoms. The number of ether oxygens (including phenoxy) is 1. The van der Waals surface area contributed by atoms with Gasteiger partial charge >= 0.3 is 0 Å². The molecule has 3 N–H and O–H groups in total. The maximum atomic E-state index is 5.28. The Hall–Kier alpha value is -1.40. The molecule has 6 heteroatoms. The third-order valence-electron chi connectivity index (χ3n) is 2.08. The Kier molecular flexibility index (Phi) is 2.70. The number of hydrogen-bond acceptors (Lipinski definition) is 6. The van der Waals surface area contributed by atoms with Crippen molar-refractivity contribution in [3.63, 3.8) is 0 Å². The first-order valence-electron chi connectivity index (χ1n) is 4.59. The molecule has 2 aromatic rings. The summed E-state index contributed by atoms with van der Waals surface area (Å²) in [5, 5.41) is 0.943. The first-order valence-corrected chi connectivity index (χ1v) is 5.41. The van der Waals surface area contributed by atoms with Gasteiger partial charge in [0.2, 0.25) is 11.8 Å². The molecule has 0 fully saturated rings. The summed E-state index contributed by atoms with van der Waals surface area (Å²) >= 11 is 1.63. The number of rotatable bonds is 3. The summed E-state index contributed by atoms with van der Waals surface area (Å²) in [7, 11) is 1.59. The highest BCUT2D eigenvalue weighted by Crippen LogP contribution is 2.31. The lowest BCUT2D eigenvalue weighted by atomic mass is 10.3. The molecule has 0 spiro atoms. The third kappa shape index (κ3) is 1.73. The molecule has 0 aromatic carbocycles. The van der Waals surface area contributed by atoms with Gasteiger partial charge in [-0.3, -0.25) is 5.43 Å². The lowest BCUT2D eigenvalue weighted by Crippen LogP contribution is -2.10. The van der Waals surface area contributed by atoms with Crippen molar-refractivity contribution in [1.29, 1.82) is 0 Å². The highest BCUT2D eigenvalue weighted by Gasteiger charge is 2.10. The molecule has 0 aliphatic carbocycles. The zero-order chi connectivity index (χ0) is 10.8. The summed E-state index contributed by atoms with van der Waals surface area (Å²) in [4.78, 5) is 10.5. The Morgan fingerprint density at radius 2 is 2.33 bits per heavy atom. The lowest BCUT2D eigenvalue weighted by molar-refractivity contribution is 0.403. The zero-order valence-electron chi connectivity index (χ0n) is 8.57. The predicted octanol–water partition coefficient (Wildman–Crippen LogP) is 1.55. The number of hydrazine groups is 1. The van der Waals surface area contributed by atoms with Gasteiger partial charge in [-0.25, -0.2) is 10.8 Å². The molecule has 0 atom stereocenters. The van der Waals surface area contributed by atoms with Crippen LogP contribution in [0.3, 0.4) is 0 Å². The van der Waals surface area contributed by atoms with Crippen LogP contribution in [-0.4, -0.2) is 17.1 Å². The van der Waals surface area contributed by atoms with Crippen molar-refractivity contribution < 1.29 is 4.74 Å². The molecule has 0 radical (unpaired) electrons. The number of methoxy groups -OCH3 is 1. The maximum absolute atomic E-state index is 5.28. The van der Waals surface area contributed by atoms with Crippen LogP contribution in [0.1, 0.15) is 11.8 Å². The van der Waals surface area contributed by atoms with E-state index in [9.17, 15) is 0 Å². The fourth-order valence-electron chi connectivity index (χ4n) is 1.34. The van der Waals surface area contributed by atoms with Crippen LogP contribution in [0.15, 0.2) is 6.07 Å². The van der Waals surface area contributed by atoms with E-state index in [2.05, 4.69) is 28.4 Å². The van der Waals surface area contributed by atoms with E-state index in [0.717, 1.165) is 16.6 Å². The standard InChI is InChI=1S/C9H12N4OS/c1-3-5-4-6-7(14-2)11-9(13-10)12-8(6)15-5/h4H,3,10H2,1-2H3,(H,11,12,13). The van der Waals surface area contributed by atoms with Crippen LogP contribution >= 0.6 is 11.3 Å². The number of thiophene rings is 1. The fraction of sp³-hybridized carbons (Fsp3) is 0.333. The highest BCUT2D eigenvalue weighted by atomic mass is 32.1. The molecule has 0 amide bonds. The Bertz CT molecular complexity index is 482. The van der Waals surface area contributed by atoms with Crippen molar-refractivity contribution in [3.05, 3.63) is 10.9 Å². The van der Waals surface area contributed by atoms with Crippen LogP contribution in [0.2, 0.25) is 0 Å². The Morgan fingerprint density at radius 1 is 1.53 bits per heavy atom. The zero-order valence-corrected chi connectivity index (χ0v) is 9.39. The quantitative estimate of drug-likeness (QED) is 0.611. The van der Waals surface area contributed by atoms with E-state index in [0.29, 0.717) is 11.8 Å². The fourth-order valence-corrected chi connectivity index (χ4v) is 2.30. The van der Waals surface area contributed by atoms with Gasteiger partial charge in [0.1, 0.15) is 4.83 Å². The van der Waals surface area contributed by atoms with E-state index < -0.39 is 0 Å². The topological polar surface area (TPSA) is 73.1 Å². The molecule has 0 saturated carbocycles. The molecule has 2 rings (SSSR count). The molecular formula is C9H12N4OS. The first-order chi connectivity index (χ1) is 7.28. The molecule has 2 heterocycles. The van der Waals surface area contributed by atoms with Gasteiger partial charge in [-0.2, -0.15) is 4.98 Å². The summed E-state index contributed by atoms with van der Waals surface area (Å²) in [5.41, 5.74) is 2.43. The summed E-state index contributed by atoms with van der Waals surface area (Å²) in [6.45, 7) is 2.10. The Labute approximate surface area is 91.3 Å². The molecule has 0 aliphatic rings.